The van der Waals surface area contributed by atoms with Gasteiger partial charge in [0, 0.05) is 19.1 Å². The van der Waals surface area contributed by atoms with E-state index in [1.165, 1.54) is 11.4 Å². The molecule has 0 heterocycles. The molecule has 2 aromatic rings. The van der Waals surface area contributed by atoms with Crippen LogP contribution in [-0.2, 0) is 21.2 Å². The summed E-state index contributed by atoms with van der Waals surface area (Å²) in [6.07, 6.45) is 1.12. The van der Waals surface area contributed by atoms with Crippen LogP contribution in [0.25, 0.3) is 0 Å². The van der Waals surface area contributed by atoms with Crippen molar-refractivity contribution in [2.45, 2.75) is 70.4 Å². The van der Waals surface area contributed by atoms with Crippen LogP contribution in [0.4, 0.5) is 4.79 Å². The number of benzene rings is 2. The smallest absolute Gasteiger partial charge is 0.407 e. The number of nitrogens with zero attached hydrogens (tertiary/aromatic N) is 1. The van der Waals surface area contributed by atoms with Gasteiger partial charge in [-0.25, -0.2) is 13.2 Å². The molecule has 0 spiro atoms. The summed E-state index contributed by atoms with van der Waals surface area (Å²) in [7, 11) is -2.23. The van der Waals surface area contributed by atoms with Gasteiger partial charge >= 0.3 is 6.09 Å². The number of carbonyl (C=O) groups excluding carboxylic acids is 1. The number of phenols is 1. The lowest BCUT2D eigenvalue weighted by atomic mass is 10.0. The average Bonchev–Trinajstić information content (AvgIpc) is 2.81. The van der Waals surface area contributed by atoms with E-state index >= 15 is 0 Å². The molecule has 2 N–H and O–H groups in total. The zero-order chi connectivity index (χ0) is 26.9. The van der Waals surface area contributed by atoms with E-state index in [0.29, 0.717) is 25.1 Å². The van der Waals surface area contributed by atoms with E-state index in [1.54, 1.807) is 69.3 Å². The van der Waals surface area contributed by atoms with Crippen LogP contribution >= 0.6 is 0 Å². The monoisotopic (exact) mass is 520 g/mol. The number of sulfonamides is 1. The van der Waals surface area contributed by atoms with Crippen molar-refractivity contribution in [3.63, 3.8) is 0 Å². The fourth-order valence-corrected chi connectivity index (χ4v) is 5.17. The van der Waals surface area contributed by atoms with Crippen molar-refractivity contribution in [3.05, 3.63) is 54.1 Å². The van der Waals surface area contributed by atoms with Crippen LogP contribution in [0.2, 0.25) is 0 Å². The summed E-state index contributed by atoms with van der Waals surface area (Å²) < 4.78 is 39.2. The molecular formula is C27H40N2O6S. The molecule has 0 fully saturated rings. The van der Waals surface area contributed by atoms with Gasteiger partial charge in [-0.1, -0.05) is 32.4 Å². The molecule has 2 atom stereocenters. The first-order chi connectivity index (χ1) is 16.8. The summed E-state index contributed by atoms with van der Waals surface area (Å²) in [4.78, 5) is 12.7. The predicted molar refractivity (Wildman–Crippen MR) is 141 cm³/mol. The van der Waals surface area contributed by atoms with E-state index in [9.17, 15) is 18.3 Å². The second-order valence-electron chi connectivity index (χ2n) is 10.1. The number of nitrogens with one attached hydrogen (secondary N) is 1. The Hall–Kier alpha value is -2.78. The Balaban J connectivity index is 2.26. The number of hydrogen-bond donors (Lipinski definition) is 2. The molecule has 8 nitrogen and oxygen atoms in total. The molecule has 0 aliphatic rings. The van der Waals surface area contributed by atoms with Crippen LogP contribution < -0.4 is 10.1 Å². The number of amides is 1. The Bertz CT molecular complexity index is 1060. The van der Waals surface area contributed by atoms with Crippen molar-refractivity contribution in [1.29, 1.82) is 0 Å². The number of methoxy groups -OCH3 is 1. The van der Waals surface area contributed by atoms with Crippen molar-refractivity contribution in [2.24, 2.45) is 5.92 Å². The van der Waals surface area contributed by atoms with Gasteiger partial charge in [-0.2, -0.15) is 4.31 Å². The number of aromatic hydroxyl groups is 1. The summed E-state index contributed by atoms with van der Waals surface area (Å²) in [5, 5.41) is 12.5. The van der Waals surface area contributed by atoms with Gasteiger partial charge in [0.15, 0.2) is 0 Å². The average molecular weight is 521 g/mol. The number of hydrogen-bond acceptors (Lipinski definition) is 6. The van der Waals surface area contributed by atoms with Crippen LogP contribution in [0.15, 0.2) is 53.4 Å². The molecule has 2 aromatic carbocycles. The lowest BCUT2D eigenvalue weighted by Crippen LogP contribution is -2.43. The molecule has 0 saturated heterocycles. The van der Waals surface area contributed by atoms with Gasteiger partial charge in [0.1, 0.15) is 17.1 Å². The Morgan fingerprint density at radius 1 is 1.08 bits per heavy atom. The first kappa shape index (κ1) is 29.5. The van der Waals surface area contributed by atoms with E-state index in [1.807, 2.05) is 13.8 Å². The van der Waals surface area contributed by atoms with Gasteiger partial charge in [0.05, 0.1) is 12.0 Å². The maximum atomic E-state index is 13.5. The minimum atomic E-state index is -3.76. The summed E-state index contributed by atoms with van der Waals surface area (Å²) in [6.45, 7) is 10.00. The first-order valence-corrected chi connectivity index (χ1v) is 13.7. The van der Waals surface area contributed by atoms with Crippen molar-refractivity contribution < 1.29 is 27.8 Å². The lowest BCUT2D eigenvalue weighted by Gasteiger charge is -2.28. The van der Waals surface area contributed by atoms with E-state index in [0.717, 1.165) is 12.0 Å². The summed E-state index contributed by atoms with van der Waals surface area (Å²) in [5.74, 6) is 0.894. The molecule has 0 radical (unpaired) electrons. The predicted octanol–water partition coefficient (Wildman–Crippen LogP) is 4.96. The highest BCUT2D eigenvalue weighted by molar-refractivity contribution is 7.89. The second-order valence-corrected chi connectivity index (χ2v) is 12.0. The van der Waals surface area contributed by atoms with Crippen LogP contribution in [-0.4, -0.2) is 55.8 Å². The van der Waals surface area contributed by atoms with Crippen LogP contribution in [0.5, 0.6) is 11.5 Å². The number of carbonyl (C=O) groups is 1. The molecule has 2 rings (SSSR count). The summed E-state index contributed by atoms with van der Waals surface area (Å²) >= 11 is 0. The van der Waals surface area contributed by atoms with Gasteiger partial charge in [-0.3, -0.25) is 0 Å². The molecular weight excluding hydrogens is 480 g/mol. The number of alkyl carbamates (subject to hydrolysis) is 1. The van der Waals surface area contributed by atoms with Gasteiger partial charge in [-0.15, -0.1) is 0 Å². The number of rotatable bonds is 12. The third kappa shape index (κ3) is 9.35. The first-order valence-electron chi connectivity index (χ1n) is 12.3. The molecule has 0 aromatic heterocycles. The van der Waals surface area contributed by atoms with Gasteiger partial charge in [-0.05, 0) is 81.5 Å². The zero-order valence-corrected chi connectivity index (χ0v) is 23.0. The molecule has 0 aliphatic heterocycles. The molecule has 9 heteroatoms. The van der Waals surface area contributed by atoms with Crippen LogP contribution in [0.3, 0.4) is 0 Å². The highest BCUT2D eigenvalue weighted by atomic mass is 32.2. The molecule has 0 aliphatic carbocycles. The fourth-order valence-electron chi connectivity index (χ4n) is 3.60. The van der Waals surface area contributed by atoms with Gasteiger partial charge < -0.3 is 19.9 Å². The highest BCUT2D eigenvalue weighted by Gasteiger charge is 2.28. The van der Waals surface area contributed by atoms with Crippen molar-refractivity contribution in [2.75, 3.05) is 20.2 Å². The van der Waals surface area contributed by atoms with Crippen molar-refractivity contribution in [1.82, 2.24) is 9.62 Å². The van der Waals surface area contributed by atoms with E-state index in [-0.39, 0.29) is 29.1 Å². The maximum absolute atomic E-state index is 13.5. The molecule has 0 saturated carbocycles. The number of phenolic OH excluding ortho intramolecular Hbond substituents is 1. The van der Waals surface area contributed by atoms with E-state index in [2.05, 4.69) is 5.32 Å². The largest absolute Gasteiger partial charge is 0.508 e. The normalized spacial score (nSPS) is 13.8. The van der Waals surface area contributed by atoms with Gasteiger partial charge in [0.2, 0.25) is 10.0 Å². The molecule has 1 amide bonds. The third-order valence-electron chi connectivity index (χ3n) is 5.78. The number of ether oxygens (including phenoxy) is 2. The van der Waals surface area contributed by atoms with Crippen LogP contribution in [0, 0.1) is 5.92 Å². The highest BCUT2D eigenvalue weighted by Crippen LogP contribution is 2.22. The second kappa shape index (κ2) is 13.0. The fraction of sp³-hybridized carbons (Fsp3) is 0.519. The quantitative estimate of drug-likeness (QED) is 0.410. The molecule has 36 heavy (non-hydrogen) atoms. The Morgan fingerprint density at radius 3 is 2.22 bits per heavy atom. The van der Waals surface area contributed by atoms with E-state index in [4.69, 9.17) is 9.47 Å². The van der Waals surface area contributed by atoms with E-state index < -0.39 is 21.7 Å². The lowest BCUT2D eigenvalue weighted by molar-refractivity contribution is 0.0500. The SMILES string of the molecule is CCC(C)CN(CC[C@H](Cc1ccc(O)cc1)NC(=O)OC(C)(C)C)S(=O)(=O)c1ccc(OC)cc1. The topological polar surface area (TPSA) is 105 Å². The minimum Gasteiger partial charge on any atom is -0.508 e. The van der Waals surface area contributed by atoms with Crippen LogP contribution in [0.1, 0.15) is 53.0 Å². The summed E-state index contributed by atoms with van der Waals surface area (Å²) in [6, 6.07) is 12.7. The minimum absolute atomic E-state index is 0.153. The Labute approximate surface area is 215 Å². The molecule has 0 bridgehead atoms. The Morgan fingerprint density at radius 2 is 1.69 bits per heavy atom. The molecule has 200 valence electrons. The van der Waals surface area contributed by atoms with Gasteiger partial charge in [0.25, 0.3) is 0 Å². The Kier molecular flexibility index (Phi) is 10.6. The molecule has 1 unspecified atom stereocenters. The van der Waals surface area contributed by atoms with Crippen molar-refractivity contribution >= 4 is 16.1 Å². The zero-order valence-electron chi connectivity index (χ0n) is 22.2. The standard InChI is InChI=1S/C27H40N2O6S/c1-7-20(2)19-29(36(32,33)25-14-12-24(34-6)13-15-25)17-16-22(28-26(31)35-27(3,4)5)18-21-8-10-23(30)11-9-21/h8-15,20,22,30H,7,16-19H2,1-6H3,(H,28,31)/t20?,22-/m1/s1. The maximum Gasteiger partial charge on any atom is 0.407 e. The van der Waals surface area contributed by atoms with Crippen molar-refractivity contribution in [3.8, 4) is 11.5 Å². The third-order valence-corrected chi connectivity index (χ3v) is 7.66. The summed E-state index contributed by atoms with van der Waals surface area (Å²) in [5.41, 5.74) is 0.244.